The van der Waals surface area contributed by atoms with Crippen molar-refractivity contribution in [1.82, 2.24) is 25.2 Å². The van der Waals surface area contributed by atoms with Gasteiger partial charge in [0.05, 0.1) is 23.8 Å². The molecule has 1 fully saturated rings. The number of hydrogen-bond acceptors (Lipinski definition) is 7. The molecule has 0 aliphatic carbocycles. The minimum Gasteiger partial charge on any atom is -0.403 e. The van der Waals surface area contributed by atoms with E-state index < -0.39 is 23.6 Å². The highest BCUT2D eigenvalue weighted by molar-refractivity contribution is 5.83. The number of nitrogens with one attached hydrogen (secondary N) is 4. The number of benzene rings is 2. The van der Waals surface area contributed by atoms with Gasteiger partial charge in [-0.3, -0.25) is 9.98 Å². The predicted octanol–water partition coefficient (Wildman–Crippen LogP) is 5.87. The van der Waals surface area contributed by atoms with Crippen molar-refractivity contribution in [3.05, 3.63) is 76.1 Å². The predicted molar refractivity (Wildman–Crippen MR) is 176 cm³/mol. The summed E-state index contributed by atoms with van der Waals surface area (Å²) >= 11 is 0. The smallest absolute Gasteiger partial charge is 0.403 e. The van der Waals surface area contributed by atoms with Crippen LogP contribution in [0.15, 0.2) is 53.5 Å². The Bertz CT molecular complexity index is 1770. The summed E-state index contributed by atoms with van der Waals surface area (Å²) < 4.78 is 65.5. The molecule has 0 unspecified atom stereocenters. The third-order valence-corrected chi connectivity index (χ3v) is 8.48. The first-order valence-electron chi connectivity index (χ1n) is 16.0. The van der Waals surface area contributed by atoms with Crippen LogP contribution in [0.4, 0.5) is 17.6 Å². The fourth-order valence-electron chi connectivity index (χ4n) is 6.20. The highest BCUT2D eigenvalue weighted by atomic mass is 19.4. The topological polar surface area (TPSA) is 143 Å². The average molecular weight is 672 g/mol. The molecule has 2 aromatic heterocycles. The van der Waals surface area contributed by atoms with E-state index in [1.807, 2.05) is 24.3 Å². The Morgan fingerprint density at radius 1 is 1.21 bits per heavy atom. The first-order valence-corrected chi connectivity index (χ1v) is 16.0. The number of piperidine rings is 1. The molecule has 2 aromatic carbocycles. The zero-order chi connectivity index (χ0) is 34.4. The van der Waals surface area contributed by atoms with Crippen LogP contribution in [0.5, 0.6) is 5.75 Å². The lowest BCUT2D eigenvalue weighted by atomic mass is 9.92. The molecular formula is C34H41F4N7O3. The van der Waals surface area contributed by atoms with Crippen molar-refractivity contribution in [2.45, 2.75) is 76.4 Å². The van der Waals surface area contributed by atoms with E-state index in [0.29, 0.717) is 54.4 Å². The first-order chi connectivity index (χ1) is 22.9. The van der Waals surface area contributed by atoms with E-state index in [0.717, 1.165) is 43.9 Å². The summed E-state index contributed by atoms with van der Waals surface area (Å²) in [6.07, 6.45) is 1.95. The molecule has 6 N–H and O–H groups in total. The van der Waals surface area contributed by atoms with E-state index in [-0.39, 0.29) is 29.0 Å². The minimum absolute atomic E-state index is 0.142. The lowest BCUT2D eigenvalue weighted by molar-refractivity contribution is -0.275. The lowest BCUT2D eigenvalue weighted by Crippen LogP contribution is -2.39. The molecule has 0 radical (unpaired) electrons. The van der Waals surface area contributed by atoms with Gasteiger partial charge in [0.1, 0.15) is 5.65 Å². The van der Waals surface area contributed by atoms with Crippen molar-refractivity contribution in [1.29, 1.82) is 5.41 Å². The van der Waals surface area contributed by atoms with Gasteiger partial charge < -0.3 is 30.8 Å². The Hall–Kier alpha value is -4.27. The van der Waals surface area contributed by atoms with Gasteiger partial charge in [0.2, 0.25) is 0 Å². The van der Waals surface area contributed by atoms with Crippen molar-refractivity contribution >= 4 is 16.9 Å². The number of nitrogens with two attached hydrogens (primary N) is 1. The van der Waals surface area contributed by atoms with Crippen LogP contribution in [0.1, 0.15) is 62.6 Å². The van der Waals surface area contributed by atoms with Crippen LogP contribution in [0.2, 0.25) is 0 Å². The fraction of sp³-hybridized carbons (Fsp3) is 0.441. The molecule has 1 aliphatic heterocycles. The Labute approximate surface area is 275 Å². The SMILES string of the molecule is COC[C@H](N)CCCc1cc(OC(F)(F)F)c(F)c(-c2cc3cn(-c4ccc([C@@H]5CCC[C@@H](CCNC(C)=N)N5)cc4)c(=O)nc3[nH]2)c1. The van der Waals surface area contributed by atoms with E-state index >= 15 is 4.39 Å². The maximum atomic E-state index is 15.5. The summed E-state index contributed by atoms with van der Waals surface area (Å²) in [6, 6.07) is 11.9. The largest absolute Gasteiger partial charge is 0.573 e. The first kappa shape index (κ1) is 35.0. The van der Waals surface area contributed by atoms with Crippen LogP contribution in [-0.2, 0) is 11.2 Å². The molecule has 1 aliphatic rings. The molecule has 0 spiro atoms. The fourth-order valence-corrected chi connectivity index (χ4v) is 6.20. The second kappa shape index (κ2) is 15.3. The van der Waals surface area contributed by atoms with Gasteiger partial charge in [0.15, 0.2) is 11.6 Å². The van der Waals surface area contributed by atoms with Gasteiger partial charge >= 0.3 is 12.1 Å². The number of aromatic nitrogens is 3. The van der Waals surface area contributed by atoms with Crippen LogP contribution >= 0.6 is 0 Å². The van der Waals surface area contributed by atoms with Gasteiger partial charge in [-0.15, -0.1) is 13.2 Å². The zero-order valence-electron chi connectivity index (χ0n) is 26.9. The number of amidine groups is 1. The standard InChI is InChI=1S/C34H41F4N7O3/c1-20(39)41-14-13-25-7-4-8-28(42-25)22-9-11-26(12-10-22)45-18-23-17-29(43-32(23)44-33(45)46)27-15-21(5-3-6-24(40)19-47-2)16-30(31(27)35)48-34(36,37)38/h9-12,15-18,24-25,28,42H,3-8,13-14,19,40H2,1-2H3,(H2,39,41)(H,43,44,46)/t24-,25+,28+/m1/s1. The van der Waals surface area contributed by atoms with Gasteiger partial charge in [0.25, 0.3) is 0 Å². The van der Waals surface area contributed by atoms with Crippen LogP contribution in [0, 0.1) is 11.2 Å². The molecule has 0 amide bonds. The Morgan fingerprint density at radius 3 is 2.69 bits per heavy atom. The van der Waals surface area contributed by atoms with Crippen LogP contribution < -0.4 is 26.8 Å². The van der Waals surface area contributed by atoms with Gasteiger partial charge in [-0.2, -0.15) is 4.98 Å². The van der Waals surface area contributed by atoms with Crippen molar-refractivity contribution in [3.8, 4) is 22.7 Å². The van der Waals surface area contributed by atoms with E-state index in [2.05, 4.69) is 25.3 Å². The number of halogens is 4. The number of aryl methyl sites for hydroxylation is 1. The minimum atomic E-state index is -5.09. The summed E-state index contributed by atoms with van der Waals surface area (Å²) in [5.41, 5.74) is 7.69. The third kappa shape index (κ3) is 8.99. The van der Waals surface area contributed by atoms with E-state index in [4.69, 9.17) is 15.9 Å². The van der Waals surface area contributed by atoms with Gasteiger partial charge in [-0.1, -0.05) is 18.6 Å². The van der Waals surface area contributed by atoms with Crippen LogP contribution in [0.3, 0.4) is 0 Å². The number of methoxy groups -OCH3 is 1. The highest BCUT2D eigenvalue weighted by Crippen LogP contribution is 2.35. The molecule has 4 aromatic rings. The molecule has 10 nitrogen and oxygen atoms in total. The van der Waals surface area contributed by atoms with Crippen LogP contribution in [-0.4, -0.2) is 59.1 Å². The molecule has 48 heavy (non-hydrogen) atoms. The van der Waals surface area contributed by atoms with E-state index in [1.54, 1.807) is 19.2 Å². The van der Waals surface area contributed by atoms with Gasteiger partial charge in [-0.05, 0) is 86.9 Å². The summed E-state index contributed by atoms with van der Waals surface area (Å²) in [4.78, 5) is 20.1. The summed E-state index contributed by atoms with van der Waals surface area (Å²) in [6.45, 7) is 2.81. The van der Waals surface area contributed by atoms with Crippen LogP contribution in [0.25, 0.3) is 28.0 Å². The molecule has 14 heteroatoms. The third-order valence-electron chi connectivity index (χ3n) is 8.48. The second-order valence-electron chi connectivity index (χ2n) is 12.3. The molecule has 0 bridgehead atoms. The number of fused-ring (bicyclic) bond motifs is 1. The van der Waals surface area contributed by atoms with E-state index in [9.17, 15) is 18.0 Å². The maximum absolute atomic E-state index is 15.5. The summed E-state index contributed by atoms with van der Waals surface area (Å²) in [7, 11) is 1.53. The van der Waals surface area contributed by atoms with Crippen molar-refractivity contribution in [3.63, 3.8) is 0 Å². The maximum Gasteiger partial charge on any atom is 0.573 e. The lowest BCUT2D eigenvalue weighted by Gasteiger charge is -2.31. The summed E-state index contributed by atoms with van der Waals surface area (Å²) in [5, 5.41) is 14.8. The quantitative estimate of drug-likeness (QED) is 0.0679. The number of rotatable bonds is 13. The van der Waals surface area contributed by atoms with Crippen molar-refractivity contribution in [2.24, 2.45) is 5.73 Å². The molecule has 1 saturated heterocycles. The molecule has 3 heterocycles. The number of aromatic amines is 1. The highest BCUT2D eigenvalue weighted by Gasteiger charge is 2.33. The number of H-pyrrole nitrogens is 1. The monoisotopic (exact) mass is 671 g/mol. The molecule has 258 valence electrons. The van der Waals surface area contributed by atoms with E-state index in [1.165, 1.54) is 17.7 Å². The summed E-state index contributed by atoms with van der Waals surface area (Å²) in [5.74, 6) is -1.68. The van der Waals surface area contributed by atoms with Gasteiger partial charge in [-0.25, -0.2) is 9.18 Å². The van der Waals surface area contributed by atoms with Crippen molar-refractivity contribution < 1.29 is 27.0 Å². The number of ether oxygens (including phenoxy) is 2. The molecule has 0 saturated carbocycles. The normalized spacial score (nSPS) is 17.4. The Kier molecular flexibility index (Phi) is 11.2. The second-order valence-corrected chi connectivity index (χ2v) is 12.3. The average Bonchev–Trinajstić information content (AvgIpc) is 3.44. The Balaban J connectivity index is 1.38. The van der Waals surface area contributed by atoms with Gasteiger partial charge in [0, 0.05) is 48.9 Å². The number of nitrogens with zero attached hydrogens (tertiary/aromatic N) is 2. The van der Waals surface area contributed by atoms with Crippen molar-refractivity contribution in [2.75, 3.05) is 20.3 Å². The Morgan fingerprint density at radius 2 is 1.98 bits per heavy atom. The molecule has 5 rings (SSSR count). The molecule has 3 atom stereocenters. The molecular weight excluding hydrogens is 630 g/mol. The number of alkyl halides is 3. The number of hydrogen-bond donors (Lipinski definition) is 5. The zero-order valence-corrected chi connectivity index (χ0v) is 26.9.